The summed E-state index contributed by atoms with van der Waals surface area (Å²) in [5, 5.41) is 6.87. The molecule has 0 heterocycles. The minimum atomic E-state index is 0.215. The van der Waals surface area contributed by atoms with Gasteiger partial charge in [0.15, 0.2) is 0 Å². The van der Waals surface area contributed by atoms with Gasteiger partial charge in [-0.2, -0.15) is 0 Å². The minimum absolute atomic E-state index is 0.215. The summed E-state index contributed by atoms with van der Waals surface area (Å²) in [4.78, 5) is 0. The molecule has 0 atom stereocenters. The fourth-order valence-electron chi connectivity index (χ4n) is 0.426. The quantitative estimate of drug-likeness (QED) is 0.429. The SMILES string of the molecule is CCCCC(=N)B=O. The number of hydrogen-bond acceptors (Lipinski definition) is 2. The van der Waals surface area contributed by atoms with Crippen molar-refractivity contribution in [1.82, 2.24) is 0 Å². The van der Waals surface area contributed by atoms with E-state index < -0.39 is 0 Å². The Bertz CT molecular complexity index is 92.4. The van der Waals surface area contributed by atoms with E-state index in [4.69, 9.17) is 5.41 Å². The second-order valence-electron chi connectivity index (χ2n) is 1.75. The average molecular weight is 111 g/mol. The summed E-state index contributed by atoms with van der Waals surface area (Å²) >= 11 is 0. The first kappa shape index (κ1) is 7.53. The molecule has 0 aliphatic carbocycles. The number of rotatable bonds is 4. The van der Waals surface area contributed by atoms with Gasteiger partial charge < -0.3 is 0 Å². The monoisotopic (exact) mass is 111 g/mol. The average Bonchev–Trinajstić information content (AvgIpc) is 1.83. The fraction of sp³-hybridized carbons (Fsp3) is 0.800. The molecule has 0 aliphatic heterocycles. The van der Waals surface area contributed by atoms with Crippen LogP contribution in [-0.4, -0.2) is 12.8 Å². The van der Waals surface area contributed by atoms with Gasteiger partial charge in [0, 0.05) is 0 Å². The van der Waals surface area contributed by atoms with Crippen LogP contribution in [0.25, 0.3) is 0 Å². The van der Waals surface area contributed by atoms with E-state index in [-0.39, 0.29) is 5.61 Å². The maximum absolute atomic E-state index is 9.79. The summed E-state index contributed by atoms with van der Waals surface area (Å²) in [5.74, 6) is 0. The van der Waals surface area contributed by atoms with Crippen LogP contribution in [0.1, 0.15) is 26.2 Å². The third-order valence-corrected chi connectivity index (χ3v) is 0.942. The van der Waals surface area contributed by atoms with Crippen molar-refractivity contribution in [2.45, 2.75) is 26.2 Å². The van der Waals surface area contributed by atoms with Crippen molar-refractivity contribution in [2.24, 2.45) is 0 Å². The van der Waals surface area contributed by atoms with Gasteiger partial charge in [0.25, 0.3) is 0 Å². The van der Waals surface area contributed by atoms with Crippen LogP contribution in [0.2, 0.25) is 0 Å². The van der Waals surface area contributed by atoms with E-state index in [1.54, 1.807) is 0 Å². The molecular weight excluding hydrogens is 101 g/mol. The molecule has 44 valence electrons. The standard InChI is InChI=1S/C5H10BNO/c1-2-3-4-5(7)6-8/h7H,2-4H2,1H3. The van der Waals surface area contributed by atoms with Gasteiger partial charge in [-0.25, -0.2) is 0 Å². The van der Waals surface area contributed by atoms with Crippen LogP contribution >= 0.6 is 0 Å². The van der Waals surface area contributed by atoms with Gasteiger partial charge >= 0.3 is 49.1 Å². The normalized spacial score (nSPS) is 8.12. The number of hydrogen-bond donors (Lipinski definition) is 1. The van der Waals surface area contributed by atoms with Crippen molar-refractivity contribution in [3.8, 4) is 0 Å². The molecule has 0 unspecified atom stereocenters. The van der Waals surface area contributed by atoms with E-state index in [0.717, 1.165) is 12.8 Å². The van der Waals surface area contributed by atoms with Gasteiger partial charge in [-0.15, -0.1) is 0 Å². The Hall–Kier alpha value is -0.465. The van der Waals surface area contributed by atoms with Gasteiger partial charge in [-0.3, -0.25) is 0 Å². The van der Waals surface area contributed by atoms with Crippen LogP contribution in [0.15, 0.2) is 0 Å². The molecular formula is C5H10BNO. The van der Waals surface area contributed by atoms with Gasteiger partial charge in [-0.05, 0) is 0 Å². The van der Waals surface area contributed by atoms with Crippen LogP contribution in [-0.2, 0) is 4.70 Å². The summed E-state index contributed by atoms with van der Waals surface area (Å²) in [5.41, 5.74) is 0.215. The molecule has 0 saturated carbocycles. The summed E-state index contributed by atoms with van der Waals surface area (Å²) in [6.45, 7) is 2.04. The summed E-state index contributed by atoms with van der Waals surface area (Å²) in [6.07, 6.45) is 2.65. The Balaban J connectivity index is 3.11. The molecule has 0 fully saturated rings. The Morgan fingerprint density at radius 1 is 1.75 bits per heavy atom. The van der Waals surface area contributed by atoms with Crippen LogP contribution in [0.5, 0.6) is 0 Å². The van der Waals surface area contributed by atoms with Crippen molar-refractivity contribution in [1.29, 1.82) is 5.41 Å². The topological polar surface area (TPSA) is 40.9 Å². The first-order valence-electron chi connectivity index (χ1n) is 2.84. The van der Waals surface area contributed by atoms with E-state index in [2.05, 4.69) is 0 Å². The molecule has 0 radical (unpaired) electrons. The predicted molar refractivity (Wildman–Crippen MR) is 33.7 cm³/mol. The molecule has 0 saturated heterocycles. The second kappa shape index (κ2) is 4.69. The number of nitrogens with one attached hydrogen (secondary N) is 1. The van der Waals surface area contributed by atoms with Crippen LogP contribution in [0, 0.1) is 5.41 Å². The molecule has 0 aromatic heterocycles. The van der Waals surface area contributed by atoms with E-state index in [1.807, 2.05) is 6.92 Å². The van der Waals surface area contributed by atoms with Crippen LogP contribution < -0.4 is 0 Å². The third kappa shape index (κ3) is 3.72. The molecule has 0 aromatic carbocycles. The van der Waals surface area contributed by atoms with E-state index in [0.29, 0.717) is 13.6 Å². The summed E-state index contributed by atoms with van der Waals surface area (Å²) in [7, 11) is 0.607. The molecule has 1 N–H and O–H groups in total. The third-order valence-electron chi connectivity index (χ3n) is 0.942. The van der Waals surface area contributed by atoms with Crippen molar-refractivity contribution < 1.29 is 4.70 Å². The van der Waals surface area contributed by atoms with E-state index in [1.165, 1.54) is 0 Å². The molecule has 0 rings (SSSR count). The molecule has 0 bridgehead atoms. The van der Waals surface area contributed by atoms with Gasteiger partial charge in [0.2, 0.25) is 0 Å². The molecule has 0 spiro atoms. The molecule has 0 amide bonds. The predicted octanol–water partition coefficient (Wildman–Crippen LogP) is 1.20. The Morgan fingerprint density at radius 2 is 2.38 bits per heavy atom. The van der Waals surface area contributed by atoms with Crippen LogP contribution in [0.3, 0.4) is 0 Å². The Labute approximate surface area is 50.0 Å². The number of unbranched alkanes of at least 4 members (excludes halogenated alkanes) is 1. The van der Waals surface area contributed by atoms with Crippen molar-refractivity contribution >= 4 is 12.8 Å². The first-order chi connectivity index (χ1) is 3.81. The van der Waals surface area contributed by atoms with Crippen molar-refractivity contribution in [3.05, 3.63) is 0 Å². The van der Waals surface area contributed by atoms with Gasteiger partial charge in [0.1, 0.15) is 0 Å². The van der Waals surface area contributed by atoms with Crippen molar-refractivity contribution in [3.63, 3.8) is 0 Å². The van der Waals surface area contributed by atoms with Crippen molar-refractivity contribution in [2.75, 3.05) is 0 Å². The molecule has 0 aromatic rings. The molecule has 3 heteroatoms. The van der Waals surface area contributed by atoms with Gasteiger partial charge in [-0.1, -0.05) is 0 Å². The Kier molecular flexibility index (Phi) is 4.42. The summed E-state index contributed by atoms with van der Waals surface area (Å²) in [6, 6.07) is 0. The first-order valence-corrected chi connectivity index (χ1v) is 2.84. The second-order valence-corrected chi connectivity index (χ2v) is 1.75. The zero-order valence-corrected chi connectivity index (χ0v) is 5.11. The zero-order valence-electron chi connectivity index (χ0n) is 5.11. The maximum atomic E-state index is 9.79. The Morgan fingerprint density at radius 3 is 2.75 bits per heavy atom. The zero-order chi connectivity index (χ0) is 6.41. The molecule has 8 heavy (non-hydrogen) atoms. The van der Waals surface area contributed by atoms with Crippen LogP contribution in [0.4, 0.5) is 0 Å². The van der Waals surface area contributed by atoms with E-state index >= 15 is 0 Å². The van der Waals surface area contributed by atoms with Gasteiger partial charge in [0.05, 0.1) is 0 Å². The fourth-order valence-corrected chi connectivity index (χ4v) is 0.426. The summed E-state index contributed by atoms with van der Waals surface area (Å²) < 4.78 is 9.79. The molecule has 0 aliphatic rings. The molecule has 2 nitrogen and oxygen atoms in total. The van der Waals surface area contributed by atoms with E-state index in [9.17, 15) is 4.70 Å².